The molecular formula is C9H12ClNO2S. The van der Waals surface area contributed by atoms with Crippen molar-refractivity contribution in [3.63, 3.8) is 0 Å². The van der Waals surface area contributed by atoms with Gasteiger partial charge in [-0.25, -0.2) is 4.98 Å². The predicted molar refractivity (Wildman–Crippen MR) is 57.9 cm³/mol. The summed E-state index contributed by atoms with van der Waals surface area (Å²) >= 11 is 7.31. The smallest absolute Gasteiger partial charge is 0.115 e. The van der Waals surface area contributed by atoms with Crippen molar-refractivity contribution >= 4 is 23.4 Å². The molecule has 0 aliphatic carbocycles. The minimum Gasteiger partial charge on any atom is -0.390 e. The van der Waals surface area contributed by atoms with Gasteiger partial charge in [0.2, 0.25) is 0 Å². The Labute approximate surface area is 92.4 Å². The third-order valence-corrected chi connectivity index (χ3v) is 3.06. The van der Waals surface area contributed by atoms with Crippen LogP contribution in [0, 0.1) is 0 Å². The Morgan fingerprint density at radius 1 is 1.71 bits per heavy atom. The number of aliphatic hydroxyl groups is 1. The SMILES string of the molecule is COCC(O)CSc1ncccc1Cl. The van der Waals surface area contributed by atoms with Gasteiger partial charge in [0.1, 0.15) is 5.03 Å². The van der Waals surface area contributed by atoms with Crippen LogP contribution in [0.5, 0.6) is 0 Å². The Bertz CT molecular complexity index is 285. The molecule has 0 amide bonds. The maximum absolute atomic E-state index is 9.38. The lowest BCUT2D eigenvalue weighted by atomic mass is 10.4. The first-order valence-corrected chi connectivity index (χ1v) is 5.50. The molecule has 1 atom stereocenters. The number of aromatic nitrogens is 1. The second-order valence-corrected chi connectivity index (χ2v) is 4.13. The number of hydrogen-bond donors (Lipinski definition) is 1. The number of nitrogens with zero attached hydrogens (tertiary/aromatic N) is 1. The van der Waals surface area contributed by atoms with Crippen molar-refractivity contribution in [2.75, 3.05) is 19.5 Å². The Morgan fingerprint density at radius 3 is 3.14 bits per heavy atom. The molecule has 3 nitrogen and oxygen atoms in total. The normalized spacial score (nSPS) is 12.8. The summed E-state index contributed by atoms with van der Waals surface area (Å²) in [5.41, 5.74) is 0. The number of rotatable bonds is 5. The molecule has 5 heteroatoms. The van der Waals surface area contributed by atoms with Crippen LogP contribution in [0.1, 0.15) is 0 Å². The van der Waals surface area contributed by atoms with Gasteiger partial charge in [-0.3, -0.25) is 0 Å². The van der Waals surface area contributed by atoms with Crippen LogP contribution >= 0.6 is 23.4 Å². The number of aliphatic hydroxyl groups excluding tert-OH is 1. The minimum atomic E-state index is -0.483. The summed E-state index contributed by atoms with van der Waals surface area (Å²) in [6.07, 6.45) is 1.19. The zero-order valence-corrected chi connectivity index (χ0v) is 9.38. The maximum Gasteiger partial charge on any atom is 0.115 e. The van der Waals surface area contributed by atoms with Crippen LogP contribution in [0.3, 0.4) is 0 Å². The fourth-order valence-electron chi connectivity index (χ4n) is 0.893. The number of thioether (sulfide) groups is 1. The van der Waals surface area contributed by atoms with Gasteiger partial charge in [0, 0.05) is 19.1 Å². The van der Waals surface area contributed by atoms with Crippen LogP contribution in [0.25, 0.3) is 0 Å². The summed E-state index contributed by atoms with van der Waals surface area (Å²) in [6.45, 7) is 0.331. The summed E-state index contributed by atoms with van der Waals surface area (Å²) in [5.74, 6) is 0.532. The van der Waals surface area contributed by atoms with Gasteiger partial charge < -0.3 is 9.84 Å². The van der Waals surface area contributed by atoms with Crippen LogP contribution < -0.4 is 0 Å². The third kappa shape index (κ3) is 3.84. The average molecular weight is 234 g/mol. The molecule has 1 rings (SSSR count). The molecular weight excluding hydrogens is 222 g/mol. The van der Waals surface area contributed by atoms with Crippen LogP contribution in [0.2, 0.25) is 5.02 Å². The van der Waals surface area contributed by atoms with E-state index in [4.69, 9.17) is 16.3 Å². The van der Waals surface area contributed by atoms with Crippen molar-refractivity contribution in [1.29, 1.82) is 0 Å². The van der Waals surface area contributed by atoms with E-state index in [0.29, 0.717) is 17.4 Å². The first-order valence-electron chi connectivity index (χ1n) is 4.14. The van der Waals surface area contributed by atoms with Gasteiger partial charge in [-0.2, -0.15) is 0 Å². The van der Waals surface area contributed by atoms with Crippen LogP contribution in [-0.2, 0) is 4.74 Å². The zero-order valence-electron chi connectivity index (χ0n) is 7.81. The second-order valence-electron chi connectivity index (χ2n) is 2.71. The van der Waals surface area contributed by atoms with E-state index in [9.17, 15) is 5.11 Å². The summed E-state index contributed by atoms with van der Waals surface area (Å²) < 4.78 is 4.81. The molecule has 0 aliphatic rings. The molecule has 1 N–H and O–H groups in total. The number of halogens is 1. The molecule has 1 heterocycles. The van der Waals surface area contributed by atoms with Crippen molar-refractivity contribution in [2.24, 2.45) is 0 Å². The second kappa shape index (κ2) is 6.24. The zero-order chi connectivity index (χ0) is 10.4. The predicted octanol–water partition coefficient (Wildman–Crippen LogP) is 1.83. The molecule has 1 aromatic heterocycles. The van der Waals surface area contributed by atoms with E-state index < -0.39 is 6.10 Å². The van der Waals surface area contributed by atoms with Gasteiger partial charge in [0.05, 0.1) is 17.7 Å². The Kier molecular flexibility index (Phi) is 5.25. The molecule has 1 aromatic rings. The standard InChI is InChI=1S/C9H12ClNO2S/c1-13-5-7(12)6-14-9-8(10)3-2-4-11-9/h2-4,7,12H,5-6H2,1H3. The average Bonchev–Trinajstić information content (AvgIpc) is 2.17. The fourth-order valence-corrected chi connectivity index (χ4v) is 1.97. The van der Waals surface area contributed by atoms with E-state index in [0.717, 1.165) is 5.03 Å². The first kappa shape index (κ1) is 11.8. The minimum absolute atomic E-state index is 0.331. The lowest BCUT2D eigenvalue weighted by molar-refractivity contribution is 0.0794. The Hall–Kier alpha value is -0.290. The van der Waals surface area contributed by atoms with E-state index >= 15 is 0 Å². The number of ether oxygens (including phenoxy) is 1. The Balaban J connectivity index is 2.41. The lowest BCUT2D eigenvalue weighted by Gasteiger charge is -2.08. The van der Waals surface area contributed by atoms with Gasteiger partial charge in [0.25, 0.3) is 0 Å². The summed E-state index contributed by atoms with van der Waals surface area (Å²) in [4.78, 5) is 4.09. The quantitative estimate of drug-likeness (QED) is 0.788. The van der Waals surface area contributed by atoms with E-state index in [2.05, 4.69) is 4.98 Å². The number of pyridine rings is 1. The van der Waals surface area contributed by atoms with Crippen LogP contribution in [0.15, 0.2) is 23.4 Å². The van der Waals surface area contributed by atoms with Gasteiger partial charge in [0.15, 0.2) is 0 Å². The number of hydrogen-bond acceptors (Lipinski definition) is 4. The van der Waals surface area contributed by atoms with Gasteiger partial charge in [-0.15, -0.1) is 11.8 Å². The van der Waals surface area contributed by atoms with E-state index in [1.165, 1.54) is 11.8 Å². The highest BCUT2D eigenvalue weighted by Crippen LogP contribution is 2.24. The first-order chi connectivity index (χ1) is 6.74. The molecule has 14 heavy (non-hydrogen) atoms. The van der Waals surface area contributed by atoms with Crippen LogP contribution in [0.4, 0.5) is 0 Å². The summed E-state index contributed by atoms with van der Waals surface area (Å²) in [5, 5.41) is 10.7. The van der Waals surface area contributed by atoms with E-state index in [-0.39, 0.29) is 0 Å². The summed E-state index contributed by atoms with van der Waals surface area (Å²) in [7, 11) is 1.56. The maximum atomic E-state index is 9.38. The Morgan fingerprint density at radius 2 is 2.50 bits per heavy atom. The van der Waals surface area contributed by atoms with Gasteiger partial charge in [-0.05, 0) is 12.1 Å². The third-order valence-electron chi connectivity index (χ3n) is 1.50. The highest BCUT2D eigenvalue weighted by atomic mass is 35.5. The monoisotopic (exact) mass is 233 g/mol. The van der Waals surface area contributed by atoms with Crippen molar-refractivity contribution in [3.8, 4) is 0 Å². The van der Waals surface area contributed by atoms with Gasteiger partial charge >= 0.3 is 0 Å². The lowest BCUT2D eigenvalue weighted by Crippen LogP contribution is -2.16. The molecule has 1 unspecified atom stereocenters. The topological polar surface area (TPSA) is 42.4 Å². The highest BCUT2D eigenvalue weighted by molar-refractivity contribution is 7.99. The van der Waals surface area contributed by atoms with E-state index in [1.807, 2.05) is 0 Å². The molecule has 0 radical (unpaired) electrons. The fraction of sp³-hybridized carbons (Fsp3) is 0.444. The number of methoxy groups -OCH3 is 1. The molecule has 0 bridgehead atoms. The van der Waals surface area contributed by atoms with Gasteiger partial charge in [-0.1, -0.05) is 11.6 Å². The molecule has 0 spiro atoms. The summed E-state index contributed by atoms with van der Waals surface area (Å²) in [6, 6.07) is 3.55. The van der Waals surface area contributed by atoms with Crippen molar-refractivity contribution in [2.45, 2.75) is 11.1 Å². The largest absolute Gasteiger partial charge is 0.390 e. The molecule has 0 saturated heterocycles. The van der Waals surface area contributed by atoms with Crippen molar-refractivity contribution in [3.05, 3.63) is 23.4 Å². The van der Waals surface area contributed by atoms with Crippen molar-refractivity contribution < 1.29 is 9.84 Å². The molecule has 0 aliphatic heterocycles. The molecule has 0 fully saturated rings. The van der Waals surface area contributed by atoms with Crippen LogP contribution in [-0.4, -0.2) is 35.7 Å². The van der Waals surface area contributed by atoms with E-state index in [1.54, 1.807) is 25.4 Å². The molecule has 78 valence electrons. The van der Waals surface area contributed by atoms with Crippen molar-refractivity contribution in [1.82, 2.24) is 4.98 Å². The molecule has 0 aromatic carbocycles. The highest BCUT2D eigenvalue weighted by Gasteiger charge is 2.07. The molecule has 0 saturated carbocycles.